The molecule has 2 N–H and O–H groups in total. The Bertz CT molecular complexity index is 124. The van der Waals surface area contributed by atoms with E-state index >= 15 is 0 Å². The van der Waals surface area contributed by atoms with E-state index in [2.05, 4.69) is 0 Å². The van der Waals surface area contributed by atoms with E-state index in [1.165, 1.54) is 0 Å². The Kier molecular flexibility index (Phi) is 5.35. The summed E-state index contributed by atoms with van der Waals surface area (Å²) in [5, 5.41) is 0. The molecule has 1 saturated carbocycles. The third kappa shape index (κ3) is 4.07. The first-order chi connectivity index (χ1) is 6.36. The van der Waals surface area contributed by atoms with E-state index in [0.717, 1.165) is 51.5 Å². The first-order valence-electron chi connectivity index (χ1n) is 5.26. The van der Waals surface area contributed by atoms with Gasteiger partial charge in [0.1, 0.15) is 0 Å². The molecule has 0 aromatic carbocycles. The summed E-state index contributed by atoms with van der Waals surface area (Å²) in [6, 6.07) is 0. The molecule has 0 atom stereocenters. The zero-order valence-corrected chi connectivity index (χ0v) is 8.50. The molecule has 0 bridgehead atoms. The molecule has 0 radical (unpaired) electrons. The van der Waals surface area contributed by atoms with Crippen LogP contribution in [0.25, 0.3) is 0 Å². The molecular weight excluding hydrogens is 166 g/mol. The second-order valence-electron chi connectivity index (χ2n) is 3.62. The molecule has 3 heteroatoms. The van der Waals surface area contributed by atoms with Crippen LogP contribution in [0, 0.1) is 5.92 Å². The van der Waals surface area contributed by atoms with Gasteiger partial charge in [0.05, 0.1) is 6.10 Å². The molecule has 78 valence electrons. The first kappa shape index (κ1) is 11.0. The second kappa shape index (κ2) is 6.35. The van der Waals surface area contributed by atoms with Gasteiger partial charge in [-0.05, 0) is 38.6 Å². The largest absolute Gasteiger partial charge is 0.382 e. The van der Waals surface area contributed by atoms with Crippen LogP contribution in [-0.2, 0) is 9.47 Å². The topological polar surface area (TPSA) is 44.5 Å². The maximum absolute atomic E-state index is 5.62. The molecule has 1 aliphatic rings. The SMILES string of the molecule is CCOCCCOC1CC(CN)C1. The summed E-state index contributed by atoms with van der Waals surface area (Å²) in [4.78, 5) is 0. The predicted octanol–water partition coefficient (Wildman–Crippen LogP) is 1.17. The van der Waals surface area contributed by atoms with Crippen LogP contribution in [0.15, 0.2) is 0 Å². The zero-order chi connectivity index (χ0) is 9.52. The summed E-state index contributed by atoms with van der Waals surface area (Å²) in [5.74, 6) is 0.719. The molecule has 0 spiro atoms. The van der Waals surface area contributed by atoms with Gasteiger partial charge in [-0.1, -0.05) is 0 Å². The van der Waals surface area contributed by atoms with Gasteiger partial charge in [0.2, 0.25) is 0 Å². The highest BCUT2D eigenvalue weighted by atomic mass is 16.5. The lowest BCUT2D eigenvalue weighted by atomic mass is 9.82. The monoisotopic (exact) mass is 187 g/mol. The van der Waals surface area contributed by atoms with Crippen molar-refractivity contribution in [2.45, 2.75) is 32.3 Å². The smallest absolute Gasteiger partial charge is 0.0581 e. The van der Waals surface area contributed by atoms with Gasteiger partial charge in [-0.3, -0.25) is 0 Å². The normalized spacial score (nSPS) is 27.2. The summed E-state index contributed by atoms with van der Waals surface area (Å²) >= 11 is 0. The fourth-order valence-corrected chi connectivity index (χ4v) is 1.56. The van der Waals surface area contributed by atoms with Crippen molar-refractivity contribution < 1.29 is 9.47 Å². The van der Waals surface area contributed by atoms with Crippen molar-refractivity contribution in [2.75, 3.05) is 26.4 Å². The quantitative estimate of drug-likeness (QED) is 0.608. The second-order valence-corrected chi connectivity index (χ2v) is 3.62. The molecule has 1 fully saturated rings. The fraction of sp³-hybridized carbons (Fsp3) is 1.00. The van der Waals surface area contributed by atoms with Crippen molar-refractivity contribution in [1.29, 1.82) is 0 Å². The molecular formula is C10H21NO2. The third-order valence-corrected chi connectivity index (χ3v) is 2.52. The molecule has 13 heavy (non-hydrogen) atoms. The molecule has 3 nitrogen and oxygen atoms in total. The Hall–Kier alpha value is -0.120. The lowest BCUT2D eigenvalue weighted by Gasteiger charge is -2.34. The minimum Gasteiger partial charge on any atom is -0.382 e. The van der Waals surface area contributed by atoms with Crippen molar-refractivity contribution in [2.24, 2.45) is 11.7 Å². The minimum absolute atomic E-state index is 0.482. The number of nitrogens with two attached hydrogens (primary N) is 1. The standard InChI is InChI=1S/C10H21NO2/c1-2-12-4-3-5-13-10-6-9(7-10)8-11/h9-10H,2-8,11H2,1H3. The van der Waals surface area contributed by atoms with Crippen LogP contribution < -0.4 is 5.73 Å². The van der Waals surface area contributed by atoms with Crippen molar-refractivity contribution in [1.82, 2.24) is 0 Å². The summed E-state index contributed by atoms with van der Waals surface area (Å²) in [5.41, 5.74) is 5.51. The van der Waals surface area contributed by atoms with Gasteiger partial charge in [0, 0.05) is 19.8 Å². The lowest BCUT2D eigenvalue weighted by Crippen LogP contribution is -2.36. The van der Waals surface area contributed by atoms with Gasteiger partial charge in [-0.15, -0.1) is 0 Å². The first-order valence-corrected chi connectivity index (χ1v) is 5.26. The summed E-state index contributed by atoms with van der Waals surface area (Å²) in [7, 11) is 0. The Balaban J connectivity index is 1.80. The third-order valence-electron chi connectivity index (χ3n) is 2.52. The Morgan fingerprint density at radius 3 is 2.69 bits per heavy atom. The van der Waals surface area contributed by atoms with Crippen LogP contribution in [-0.4, -0.2) is 32.5 Å². The summed E-state index contributed by atoms with van der Waals surface area (Å²) in [6.45, 7) is 5.29. The highest BCUT2D eigenvalue weighted by molar-refractivity contribution is 4.80. The van der Waals surface area contributed by atoms with E-state index in [9.17, 15) is 0 Å². The maximum atomic E-state index is 5.62. The molecule has 0 amide bonds. The Morgan fingerprint density at radius 1 is 1.31 bits per heavy atom. The molecule has 0 heterocycles. The number of rotatable bonds is 7. The van der Waals surface area contributed by atoms with E-state index in [4.69, 9.17) is 15.2 Å². The molecule has 1 rings (SSSR count). The van der Waals surface area contributed by atoms with Crippen molar-refractivity contribution in [3.8, 4) is 0 Å². The number of hydrogen-bond donors (Lipinski definition) is 1. The average Bonchev–Trinajstić information content (AvgIpc) is 2.08. The van der Waals surface area contributed by atoms with Crippen LogP contribution in [0.2, 0.25) is 0 Å². The van der Waals surface area contributed by atoms with E-state index in [1.807, 2.05) is 6.92 Å². The van der Waals surface area contributed by atoms with E-state index in [-0.39, 0.29) is 0 Å². The van der Waals surface area contributed by atoms with E-state index < -0.39 is 0 Å². The van der Waals surface area contributed by atoms with Gasteiger partial charge in [-0.2, -0.15) is 0 Å². The van der Waals surface area contributed by atoms with Crippen LogP contribution >= 0.6 is 0 Å². The Morgan fingerprint density at radius 2 is 2.08 bits per heavy atom. The molecule has 0 aliphatic heterocycles. The maximum Gasteiger partial charge on any atom is 0.0581 e. The van der Waals surface area contributed by atoms with Crippen LogP contribution in [0.4, 0.5) is 0 Å². The van der Waals surface area contributed by atoms with Gasteiger partial charge >= 0.3 is 0 Å². The predicted molar refractivity (Wildman–Crippen MR) is 52.6 cm³/mol. The molecule has 0 saturated heterocycles. The molecule has 0 aromatic rings. The van der Waals surface area contributed by atoms with Crippen LogP contribution in [0.3, 0.4) is 0 Å². The van der Waals surface area contributed by atoms with Crippen LogP contribution in [0.5, 0.6) is 0 Å². The van der Waals surface area contributed by atoms with Gasteiger partial charge in [0.25, 0.3) is 0 Å². The number of hydrogen-bond acceptors (Lipinski definition) is 3. The van der Waals surface area contributed by atoms with E-state index in [1.54, 1.807) is 0 Å². The summed E-state index contributed by atoms with van der Waals surface area (Å²) in [6.07, 6.45) is 3.81. The fourth-order valence-electron chi connectivity index (χ4n) is 1.56. The average molecular weight is 187 g/mol. The van der Waals surface area contributed by atoms with Gasteiger partial charge in [0.15, 0.2) is 0 Å². The van der Waals surface area contributed by atoms with Crippen molar-refractivity contribution in [3.63, 3.8) is 0 Å². The summed E-state index contributed by atoms with van der Waals surface area (Å²) < 4.78 is 10.8. The zero-order valence-electron chi connectivity index (χ0n) is 8.50. The highest BCUT2D eigenvalue weighted by Gasteiger charge is 2.28. The molecule has 0 unspecified atom stereocenters. The number of ether oxygens (including phenoxy) is 2. The van der Waals surface area contributed by atoms with Gasteiger partial charge < -0.3 is 15.2 Å². The minimum atomic E-state index is 0.482. The van der Waals surface area contributed by atoms with Crippen LogP contribution in [0.1, 0.15) is 26.2 Å². The Labute approximate surface area is 80.6 Å². The van der Waals surface area contributed by atoms with Crippen molar-refractivity contribution in [3.05, 3.63) is 0 Å². The molecule has 1 aliphatic carbocycles. The lowest BCUT2D eigenvalue weighted by molar-refractivity contribution is -0.0346. The highest BCUT2D eigenvalue weighted by Crippen LogP contribution is 2.28. The molecule has 0 aromatic heterocycles. The van der Waals surface area contributed by atoms with Crippen molar-refractivity contribution >= 4 is 0 Å². The van der Waals surface area contributed by atoms with Gasteiger partial charge in [-0.25, -0.2) is 0 Å². The van der Waals surface area contributed by atoms with E-state index in [0.29, 0.717) is 6.10 Å².